The van der Waals surface area contributed by atoms with Gasteiger partial charge in [-0.2, -0.15) is 13.2 Å². The number of hydrogen-bond acceptors (Lipinski definition) is 4. The summed E-state index contributed by atoms with van der Waals surface area (Å²) in [5, 5.41) is 0. The minimum atomic E-state index is -4.48. The smallest absolute Gasteiger partial charge is 0.416 e. The topological polar surface area (TPSA) is 56.6 Å². The summed E-state index contributed by atoms with van der Waals surface area (Å²) in [5.41, 5.74) is 1.17. The molecule has 1 aliphatic heterocycles. The molecule has 0 saturated carbocycles. The first-order valence-electron chi connectivity index (χ1n) is 11.5. The number of hydrogen-bond donors (Lipinski definition) is 0. The number of anilines is 1. The molecule has 1 aromatic heterocycles. The molecule has 0 aliphatic carbocycles. The van der Waals surface area contributed by atoms with Crippen LogP contribution in [-0.2, 0) is 17.5 Å². The van der Waals surface area contributed by atoms with Crippen LogP contribution in [0.3, 0.4) is 0 Å². The largest absolute Gasteiger partial charge is 0.497 e. The molecule has 6 nitrogen and oxygen atoms in total. The molecule has 4 aromatic rings. The number of alkyl halides is 3. The Hall–Kier alpha value is -4.01. The third kappa shape index (κ3) is 4.73. The average Bonchev–Trinajstić information content (AvgIpc) is 3.44. The summed E-state index contributed by atoms with van der Waals surface area (Å²) in [4.78, 5) is 19.1. The van der Waals surface area contributed by atoms with Gasteiger partial charge in [-0.05, 0) is 54.6 Å². The van der Waals surface area contributed by atoms with Crippen LogP contribution in [0.25, 0.3) is 11.0 Å². The van der Waals surface area contributed by atoms with Crippen LogP contribution in [0.4, 0.5) is 18.9 Å². The summed E-state index contributed by atoms with van der Waals surface area (Å²) in [6.45, 7) is 1.12. The number of para-hydroxylation sites is 2. The van der Waals surface area contributed by atoms with Gasteiger partial charge >= 0.3 is 6.18 Å². The second-order valence-corrected chi connectivity index (χ2v) is 8.59. The van der Waals surface area contributed by atoms with E-state index in [1.165, 1.54) is 17.0 Å². The molecule has 9 heteroatoms. The molecule has 3 aromatic carbocycles. The van der Waals surface area contributed by atoms with Crippen LogP contribution in [-0.4, -0.2) is 35.7 Å². The Morgan fingerprint density at radius 3 is 2.50 bits per heavy atom. The average molecular weight is 496 g/mol. The number of halogens is 3. The van der Waals surface area contributed by atoms with Crippen LogP contribution < -0.4 is 14.4 Å². The third-order valence-electron chi connectivity index (χ3n) is 6.30. The van der Waals surface area contributed by atoms with E-state index in [1.54, 1.807) is 7.11 Å². The van der Waals surface area contributed by atoms with E-state index in [2.05, 4.69) is 0 Å². The van der Waals surface area contributed by atoms with E-state index in [4.69, 9.17) is 14.5 Å². The number of carbonyl (C=O) groups is 1. The lowest BCUT2D eigenvalue weighted by atomic mass is 10.1. The Morgan fingerprint density at radius 2 is 1.75 bits per heavy atom. The van der Waals surface area contributed by atoms with Crippen molar-refractivity contribution in [2.24, 2.45) is 0 Å². The molecule has 1 atom stereocenters. The minimum Gasteiger partial charge on any atom is -0.497 e. The van der Waals surface area contributed by atoms with Gasteiger partial charge in [-0.25, -0.2) is 4.98 Å². The van der Waals surface area contributed by atoms with Crippen molar-refractivity contribution in [2.45, 2.75) is 25.1 Å². The standard InChI is InChI=1S/C27H24F3N3O3/c1-35-21-9-11-22(12-10-21)36-14-13-32-24-8-3-2-7-23(24)31-26(32)18-15-25(34)33(17-18)20-6-4-5-19(16-20)27(28,29)30/h2-12,16,18H,13-15,17H2,1H3/t18-/m0/s1. The highest BCUT2D eigenvalue weighted by Gasteiger charge is 2.36. The fourth-order valence-electron chi connectivity index (χ4n) is 4.55. The molecule has 2 heterocycles. The number of nitrogens with zero attached hydrogens (tertiary/aromatic N) is 3. The number of ether oxygens (including phenoxy) is 2. The number of amides is 1. The first kappa shape index (κ1) is 23.7. The molecule has 0 spiro atoms. The number of fused-ring (bicyclic) bond motifs is 1. The van der Waals surface area contributed by atoms with Gasteiger partial charge in [-0.1, -0.05) is 18.2 Å². The van der Waals surface area contributed by atoms with E-state index in [0.717, 1.165) is 34.7 Å². The van der Waals surface area contributed by atoms with Crippen LogP contribution in [0, 0.1) is 0 Å². The number of methoxy groups -OCH3 is 1. The van der Waals surface area contributed by atoms with Crippen molar-refractivity contribution >= 4 is 22.6 Å². The van der Waals surface area contributed by atoms with E-state index in [1.807, 2.05) is 53.1 Å². The van der Waals surface area contributed by atoms with Crippen molar-refractivity contribution in [1.29, 1.82) is 0 Å². The number of imidazole rings is 1. The Labute approximate surface area is 205 Å². The highest BCUT2D eigenvalue weighted by atomic mass is 19.4. The predicted octanol–water partition coefficient (Wildman–Crippen LogP) is 5.66. The van der Waals surface area contributed by atoms with Gasteiger partial charge in [0.2, 0.25) is 5.91 Å². The maximum absolute atomic E-state index is 13.2. The third-order valence-corrected chi connectivity index (χ3v) is 6.30. The molecule has 186 valence electrons. The Balaban J connectivity index is 1.38. The highest BCUT2D eigenvalue weighted by Crippen LogP contribution is 2.36. The van der Waals surface area contributed by atoms with Gasteiger partial charge in [-0.15, -0.1) is 0 Å². The number of benzene rings is 3. The van der Waals surface area contributed by atoms with Crippen LogP contribution in [0.2, 0.25) is 0 Å². The maximum Gasteiger partial charge on any atom is 0.416 e. The van der Waals surface area contributed by atoms with Crippen molar-refractivity contribution in [3.05, 3.63) is 84.2 Å². The minimum absolute atomic E-state index is 0.166. The Bertz CT molecular complexity index is 1380. The quantitative estimate of drug-likeness (QED) is 0.332. The van der Waals surface area contributed by atoms with Crippen LogP contribution in [0.15, 0.2) is 72.8 Å². The van der Waals surface area contributed by atoms with Gasteiger partial charge in [0.1, 0.15) is 23.9 Å². The van der Waals surface area contributed by atoms with Gasteiger partial charge in [-0.3, -0.25) is 4.79 Å². The second kappa shape index (κ2) is 9.56. The molecule has 36 heavy (non-hydrogen) atoms. The van der Waals surface area contributed by atoms with Gasteiger partial charge in [0, 0.05) is 24.6 Å². The molecule has 1 fully saturated rings. The zero-order valence-corrected chi connectivity index (χ0v) is 19.5. The summed E-state index contributed by atoms with van der Waals surface area (Å²) in [5.74, 6) is 1.67. The summed E-state index contributed by atoms with van der Waals surface area (Å²) < 4.78 is 52.7. The van der Waals surface area contributed by atoms with E-state index in [9.17, 15) is 18.0 Å². The normalized spacial score (nSPS) is 16.1. The lowest BCUT2D eigenvalue weighted by Crippen LogP contribution is -2.25. The first-order chi connectivity index (χ1) is 17.3. The highest BCUT2D eigenvalue weighted by molar-refractivity contribution is 5.96. The van der Waals surface area contributed by atoms with Gasteiger partial charge < -0.3 is 18.9 Å². The van der Waals surface area contributed by atoms with E-state index >= 15 is 0 Å². The van der Waals surface area contributed by atoms with Gasteiger partial charge in [0.05, 0.1) is 30.3 Å². The Morgan fingerprint density at radius 1 is 1.00 bits per heavy atom. The summed E-state index contributed by atoms with van der Waals surface area (Å²) in [7, 11) is 1.60. The number of aromatic nitrogens is 2. The number of rotatable bonds is 7. The van der Waals surface area contributed by atoms with Crippen LogP contribution in [0.5, 0.6) is 11.5 Å². The fourth-order valence-corrected chi connectivity index (χ4v) is 4.55. The van der Waals surface area contributed by atoms with Crippen molar-refractivity contribution in [3.63, 3.8) is 0 Å². The lowest BCUT2D eigenvalue weighted by molar-refractivity contribution is -0.137. The second-order valence-electron chi connectivity index (χ2n) is 8.59. The number of carbonyl (C=O) groups excluding carboxylic acids is 1. The SMILES string of the molecule is COc1ccc(OCCn2c([C@H]3CC(=O)N(c4cccc(C(F)(F)F)c4)C3)nc3ccccc32)cc1. The summed E-state index contributed by atoms with van der Waals surface area (Å²) in [6.07, 6.45) is -4.31. The zero-order chi connectivity index (χ0) is 25.3. The molecule has 5 rings (SSSR count). The molecule has 0 radical (unpaired) electrons. The zero-order valence-electron chi connectivity index (χ0n) is 19.5. The lowest BCUT2D eigenvalue weighted by Gasteiger charge is -2.19. The van der Waals surface area contributed by atoms with E-state index in [0.29, 0.717) is 18.9 Å². The van der Waals surface area contributed by atoms with Crippen LogP contribution >= 0.6 is 0 Å². The molecule has 0 bridgehead atoms. The van der Waals surface area contributed by atoms with Crippen molar-refractivity contribution < 1.29 is 27.4 Å². The summed E-state index contributed by atoms with van der Waals surface area (Å²) in [6, 6.07) is 19.8. The van der Waals surface area contributed by atoms with Crippen molar-refractivity contribution in [2.75, 3.05) is 25.2 Å². The van der Waals surface area contributed by atoms with E-state index in [-0.39, 0.29) is 30.5 Å². The fraction of sp³-hybridized carbons (Fsp3) is 0.259. The van der Waals surface area contributed by atoms with Gasteiger partial charge in [0.25, 0.3) is 0 Å². The first-order valence-corrected chi connectivity index (χ1v) is 11.5. The molecular weight excluding hydrogens is 471 g/mol. The molecule has 1 saturated heterocycles. The summed E-state index contributed by atoms with van der Waals surface area (Å²) >= 11 is 0. The molecule has 1 amide bonds. The van der Waals surface area contributed by atoms with E-state index < -0.39 is 11.7 Å². The predicted molar refractivity (Wildman–Crippen MR) is 129 cm³/mol. The molecular formula is C27H24F3N3O3. The van der Waals surface area contributed by atoms with Crippen molar-refractivity contribution in [3.8, 4) is 11.5 Å². The van der Waals surface area contributed by atoms with Crippen LogP contribution in [0.1, 0.15) is 23.7 Å². The monoisotopic (exact) mass is 495 g/mol. The molecule has 0 unspecified atom stereocenters. The van der Waals surface area contributed by atoms with Crippen molar-refractivity contribution in [1.82, 2.24) is 9.55 Å². The Kier molecular flexibility index (Phi) is 6.30. The van der Waals surface area contributed by atoms with Gasteiger partial charge in [0.15, 0.2) is 0 Å². The maximum atomic E-state index is 13.2. The molecule has 1 aliphatic rings. The molecule has 0 N–H and O–H groups in total.